The standard InChI is InChI=1S/C18H20BrN3O4S/c1-14(26-16-6-4-15(19)5-7-16)18(23)21-9-11-22(12-10-21)27(24,25)17-3-2-8-20-13-17/h2-8,13-14H,9-12H2,1H3. The minimum absolute atomic E-state index is 0.156. The van der Waals surface area contributed by atoms with E-state index < -0.39 is 16.1 Å². The molecule has 9 heteroatoms. The fraction of sp³-hybridized carbons (Fsp3) is 0.333. The molecule has 1 fully saturated rings. The zero-order valence-corrected chi connectivity index (χ0v) is 17.2. The van der Waals surface area contributed by atoms with Gasteiger partial charge in [0.05, 0.1) is 0 Å². The Morgan fingerprint density at radius 2 is 1.81 bits per heavy atom. The van der Waals surface area contributed by atoms with Crippen molar-refractivity contribution in [1.29, 1.82) is 0 Å². The van der Waals surface area contributed by atoms with Gasteiger partial charge in [-0.15, -0.1) is 0 Å². The molecule has 1 aromatic heterocycles. The van der Waals surface area contributed by atoms with E-state index in [1.165, 1.54) is 22.8 Å². The number of amides is 1. The second-order valence-corrected chi connectivity index (χ2v) is 8.99. The summed E-state index contributed by atoms with van der Waals surface area (Å²) in [6, 6.07) is 10.4. The maximum atomic E-state index is 12.6. The number of carbonyl (C=O) groups excluding carboxylic acids is 1. The number of benzene rings is 1. The summed E-state index contributed by atoms with van der Waals surface area (Å²) in [6.45, 7) is 2.84. The van der Waals surface area contributed by atoms with E-state index in [1.807, 2.05) is 12.1 Å². The molecule has 2 heterocycles. The van der Waals surface area contributed by atoms with Crippen LogP contribution in [-0.2, 0) is 14.8 Å². The van der Waals surface area contributed by atoms with Crippen molar-refractivity contribution in [2.24, 2.45) is 0 Å². The van der Waals surface area contributed by atoms with Gasteiger partial charge in [0, 0.05) is 43.0 Å². The molecule has 1 atom stereocenters. The van der Waals surface area contributed by atoms with Gasteiger partial charge < -0.3 is 9.64 Å². The fourth-order valence-electron chi connectivity index (χ4n) is 2.82. The average molecular weight is 454 g/mol. The van der Waals surface area contributed by atoms with Crippen molar-refractivity contribution >= 4 is 31.9 Å². The lowest BCUT2D eigenvalue weighted by molar-refractivity contribution is -0.139. The van der Waals surface area contributed by atoms with Gasteiger partial charge in [0.2, 0.25) is 10.0 Å². The Morgan fingerprint density at radius 3 is 2.41 bits per heavy atom. The summed E-state index contributed by atoms with van der Waals surface area (Å²) >= 11 is 3.35. The van der Waals surface area contributed by atoms with Crippen molar-refractivity contribution in [3.8, 4) is 5.75 Å². The minimum Gasteiger partial charge on any atom is -0.481 e. The molecule has 0 spiro atoms. The van der Waals surface area contributed by atoms with Crippen LogP contribution >= 0.6 is 15.9 Å². The lowest BCUT2D eigenvalue weighted by atomic mass is 10.3. The molecule has 1 aliphatic heterocycles. The third kappa shape index (κ3) is 4.66. The maximum Gasteiger partial charge on any atom is 0.263 e. The monoisotopic (exact) mass is 453 g/mol. The molecule has 1 aromatic carbocycles. The summed E-state index contributed by atoms with van der Waals surface area (Å²) in [5.41, 5.74) is 0. The Labute approximate surface area is 167 Å². The molecule has 0 radical (unpaired) electrons. The number of halogens is 1. The van der Waals surface area contributed by atoms with E-state index in [0.717, 1.165) is 4.47 Å². The largest absolute Gasteiger partial charge is 0.481 e. The zero-order valence-electron chi connectivity index (χ0n) is 14.8. The van der Waals surface area contributed by atoms with Crippen molar-refractivity contribution in [3.05, 3.63) is 53.3 Å². The van der Waals surface area contributed by atoms with Crippen LogP contribution in [0.3, 0.4) is 0 Å². The Kier molecular flexibility index (Phi) is 6.13. The van der Waals surface area contributed by atoms with Crippen molar-refractivity contribution in [3.63, 3.8) is 0 Å². The number of nitrogens with zero attached hydrogens (tertiary/aromatic N) is 3. The van der Waals surface area contributed by atoms with Crippen LogP contribution in [0.15, 0.2) is 58.2 Å². The third-order valence-electron chi connectivity index (χ3n) is 4.30. The molecule has 0 saturated carbocycles. The van der Waals surface area contributed by atoms with Gasteiger partial charge in [-0.05, 0) is 43.3 Å². The zero-order chi connectivity index (χ0) is 19.4. The SMILES string of the molecule is CC(Oc1ccc(Br)cc1)C(=O)N1CCN(S(=O)(=O)c2cccnc2)CC1. The van der Waals surface area contributed by atoms with E-state index in [0.29, 0.717) is 18.8 Å². The highest BCUT2D eigenvalue weighted by atomic mass is 79.9. The maximum absolute atomic E-state index is 12.6. The first-order chi connectivity index (χ1) is 12.9. The quantitative estimate of drug-likeness (QED) is 0.692. The van der Waals surface area contributed by atoms with Crippen molar-refractivity contribution < 1.29 is 17.9 Å². The first-order valence-electron chi connectivity index (χ1n) is 8.49. The molecule has 1 aliphatic rings. The number of hydrogen-bond acceptors (Lipinski definition) is 5. The summed E-state index contributed by atoms with van der Waals surface area (Å²) in [5, 5.41) is 0. The highest BCUT2D eigenvalue weighted by molar-refractivity contribution is 9.10. The predicted molar refractivity (Wildman–Crippen MR) is 104 cm³/mol. The van der Waals surface area contributed by atoms with Crippen LogP contribution < -0.4 is 4.74 Å². The molecular weight excluding hydrogens is 434 g/mol. The van der Waals surface area contributed by atoms with Gasteiger partial charge in [0.15, 0.2) is 6.10 Å². The van der Waals surface area contributed by atoms with Gasteiger partial charge in [-0.1, -0.05) is 15.9 Å². The number of sulfonamides is 1. The van der Waals surface area contributed by atoms with Crippen LogP contribution in [0.4, 0.5) is 0 Å². The Bertz CT molecular complexity index is 883. The van der Waals surface area contributed by atoms with E-state index in [4.69, 9.17) is 4.74 Å². The molecule has 0 bridgehead atoms. The number of piperazine rings is 1. The Morgan fingerprint density at radius 1 is 1.15 bits per heavy atom. The van der Waals surface area contributed by atoms with Gasteiger partial charge in [0.25, 0.3) is 5.91 Å². The summed E-state index contributed by atoms with van der Waals surface area (Å²) < 4.78 is 33.2. The Hall–Kier alpha value is -1.97. The van der Waals surface area contributed by atoms with E-state index in [9.17, 15) is 13.2 Å². The van der Waals surface area contributed by atoms with Gasteiger partial charge in [0.1, 0.15) is 10.6 Å². The third-order valence-corrected chi connectivity index (χ3v) is 6.71. The van der Waals surface area contributed by atoms with Gasteiger partial charge in [-0.25, -0.2) is 8.42 Å². The molecule has 0 aliphatic carbocycles. The van der Waals surface area contributed by atoms with E-state index in [2.05, 4.69) is 20.9 Å². The molecule has 1 amide bonds. The second-order valence-electron chi connectivity index (χ2n) is 6.13. The fourth-order valence-corrected chi connectivity index (χ4v) is 4.47. The van der Waals surface area contributed by atoms with Crippen LogP contribution in [0.25, 0.3) is 0 Å². The highest BCUT2D eigenvalue weighted by Crippen LogP contribution is 2.19. The molecule has 1 saturated heterocycles. The number of carbonyl (C=O) groups is 1. The van der Waals surface area contributed by atoms with Gasteiger partial charge >= 0.3 is 0 Å². The first kappa shape index (κ1) is 19.8. The predicted octanol–water partition coefficient (Wildman–Crippen LogP) is 2.14. The smallest absolute Gasteiger partial charge is 0.263 e. The number of pyridine rings is 1. The molecule has 2 aromatic rings. The second kappa shape index (κ2) is 8.37. The minimum atomic E-state index is -3.59. The van der Waals surface area contributed by atoms with Crippen molar-refractivity contribution in [2.75, 3.05) is 26.2 Å². The lowest BCUT2D eigenvalue weighted by Gasteiger charge is -2.35. The Balaban J connectivity index is 1.58. The van der Waals surface area contributed by atoms with Gasteiger partial charge in [-0.3, -0.25) is 9.78 Å². The number of ether oxygens (including phenoxy) is 1. The summed E-state index contributed by atoms with van der Waals surface area (Å²) in [6.07, 6.45) is 2.22. The van der Waals surface area contributed by atoms with Crippen LogP contribution in [-0.4, -0.2) is 60.8 Å². The average Bonchev–Trinajstić information content (AvgIpc) is 2.70. The molecule has 0 N–H and O–H groups in total. The summed E-state index contributed by atoms with van der Waals surface area (Å²) in [4.78, 5) is 18.3. The van der Waals surface area contributed by atoms with E-state index in [-0.39, 0.29) is 23.9 Å². The molecule has 27 heavy (non-hydrogen) atoms. The number of rotatable bonds is 5. The van der Waals surface area contributed by atoms with E-state index in [1.54, 1.807) is 30.0 Å². The lowest BCUT2D eigenvalue weighted by Crippen LogP contribution is -2.53. The van der Waals surface area contributed by atoms with Crippen LogP contribution in [0.1, 0.15) is 6.92 Å². The van der Waals surface area contributed by atoms with Gasteiger partial charge in [-0.2, -0.15) is 4.31 Å². The van der Waals surface area contributed by atoms with Crippen molar-refractivity contribution in [2.45, 2.75) is 17.9 Å². The highest BCUT2D eigenvalue weighted by Gasteiger charge is 2.32. The molecule has 1 unspecified atom stereocenters. The topological polar surface area (TPSA) is 79.8 Å². The van der Waals surface area contributed by atoms with Crippen molar-refractivity contribution in [1.82, 2.24) is 14.2 Å². The molecule has 7 nitrogen and oxygen atoms in total. The number of hydrogen-bond donors (Lipinski definition) is 0. The molecule has 144 valence electrons. The normalized spacial score (nSPS) is 16.7. The summed E-state index contributed by atoms with van der Waals surface area (Å²) in [7, 11) is -3.59. The molecular formula is C18H20BrN3O4S. The van der Waals surface area contributed by atoms with E-state index >= 15 is 0 Å². The van der Waals surface area contributed by atoms with Crippen LogP contribution in [0.5, 0.6) is 5.75 Å². The van der Waals surface area contributed by atoms with Crippen LogP contribution in [0.2, 0.25) is 0 Å². The number of aromatic nitrogens is 1. The first-order valence-corrected chi connectivity index (χ1v) is 10.7. The molecule has 3 rings (SSSR count). The summed E-state index contributed by atoms with van der Waals surface area (Å²) in [5.74, 6) is 0.452. The van der Waals surface area contributed by atoms with Crippen LogP contribution in [0, 0.1) is 0 Å².